The lowest BCUT2D eigenvalue weighted by atomic mass is 9.97. The van der Waals surface area contributed by atoms with Gasteiger partial charge in [0.15, 0.2) is 18.9 Å². The normalized spacial score (nSPS) is 24.0. The van der Waals surface area contributed by atoms with Gasteiger partial charge in [-0.05, 0) is 77.6 Å². The molecule has 652 valence electrons. The number of nitrogens with one attached hydrogen (secondary N) is 10. The minimum absolute atomic E-state index is 0.0799. The van der Waals surface area contributed by atoms with Gasteiger partial charge in [0.1, 0.15) is 84.4 Å². The van der Waals surface area contributed by atoms with E-state index < -0.39 is 135 Å². The molecule has 3 saturated heterocycles. The first-order valence-corrected chi connectivity index (χ1v) is 39.8. The lowest BCUT2D eigenvalue weighted by Crippen LogP contribution is -2.64. The highest BCUT2D eigenvalue weighted by atomic mass is 16.7. The van der Waals surface area contributed by atoms with Crippen LogP contribution in [0.4, 0.5) is 0 Å². The van der Waals surface area contributed by atoms with Crippen LogP contribution in [-0.2, 0) is 95.4 Å². The van der Waals surface area contributed by atoms with Crippen molar-refractivity contribution < 1.29 is 141 Å². The zero-order valence-corrected chi connectivity index (χ0v) is 66.3. The molecule has 3 aliphatic heterocycles. The van der Waals surface area contributed by atoms with Crippen LogP contribution in [0.3, 0.4) is 0 Å². The second-order valence-corrected chi connectivity index (χ2v) is 28.7. The van der Waals surface area contributed by atoms with E-state index in [9.17, 15) is 98.7 Å². The maximum atomic E-state index is 13.9. The summed E-state index contributed by atoms with van der Waals surface area (Å²) in [5, 5.41) is 118. The summed E-state index contributed by atoms with van der Waals surface area (Å²) in [7, 11) is 0. The number of amides is 10. The summed E-state index contributed by atoms with van der Waals surface area (Å²) in [5.41, 5.74) is -1.40. The first kappa shape index (κ1) is 101. The van der Waals surface area contributed by atoms with E-state index in [1.165, 1.54) is 20.8 Å². The van der Waals surface area contributed by atoms with Crippen molar-refractivity contribution >= 4 is 64.9 Å². The summed E-state index contributed by atoms with van der Waals surface area (Å²) in [6.07, 6.45) is -4.19. The average Bonchev–Trinajstić information content (AvgIpc) is 0.820. The van der Waals surface area contributed by atoms with Crippen molar-refractivity contribution in [3.05, 3.63) is 0 Å². The molecule has 0 aromatic rings. The summed E-state index contributed by atoms with van der Waals surface area (Å²) in [5.74, 6) is -3.50. The van der Waals surface area contributed by atoms with E-state index in [4.69, 9.17) is 42.6 Å². The number of ether oxygens (including phenoxy) is 9. The Bertz CT molecular complexity index is 2530. The van der Waals surface area contributed by atoms with Crippen molar-refractivity contribution in [1.82, 2.24) is 53.2 Å². The summed E-state index contributed by atoms with van der Waals surface area (Å²) in [6.45, 7) is 4.08. The second-order valence-electron chi connectivity index (χ2n) is 28.7. The second kappa shape index (κ2) is 59.3. The maximum Gasteiger partial charge on any atom is 0.222 e. The standard InChI is InChI=1S/C74H132N10O29/c1-48(88)22-11-9-7-5-6-8-10-12-26-61(98)84-74(45-105-39-27-58(95)78-33-19-30-75-55(92)23-13-16-36-108-71-62(81-49(2)89)68(102)65(99)52(42-85)111-71,46-106-40-28-59(96)79-34-20-31-76-56(93)24-14-17-37-109-72-63(82-50(3)90)69(103)66(100)53(43-86)112-72)47-107-41-29-60(97)80-35-21-32-77-57(94)25-15-18-38-110-73-64(83-51(4)91)70(104)67(101)54(44-87)113-73/h52-54,62-73,85-87,99-104H,5-47H2,1-4H3,(H,75,92)(H,76,93)(H,77,94)(H,78,95)(H,79,96)(H,80,97)(H,81,89)(H,82,90)(H,83,91)(H,84,98)/t52?,53?,54?,62?,63?,64?,65-,66-,67+,68?,69?,70?,71-,72-,73-,74?/m1/s1. The number of Topliss-reactive ketones (excluding diaryl/α,β-unsaturated/α-hetero) is 1. The van der Waals surface area contributed by atoms with Gasteiger partial charge in [0, 0.05) is 131 Å². The first-order valence-electron chi connectivity index (χ1n) is 39.8. The Morgan fingerprint density at radius 3 is 0.814 bits per heavy atom. The molecule has 3 heterocycles. The summed E-state index contributed by atoms with van der Waals surface area (Å²) in [4.78, 5) is 138. The Morgan fingerprint density at radius 1 is 0.301 bits per heavy atom. The van der Waals surface area contributed by atoms with Crippen molar-refractivity contribution in [1.29, 1.82) is 0 Å². The third kappa shape index (κ3) is 43.4. The smallest absolute Gasteiger partial charge is 0.222 e. The number of hydrogen-bond acceptors (Lipinski definition) is 29. The predicted molar refractivity (Wildman–Crippen MR) is 401 cm³/mol. The fourth-order valence-corrected chi connectivity index (χ4v) is 12.4. The molecule has 113 heavy (non-hydrogen) atoms. The number of aliphatic hydroxyl groups is 9. The van der Waals surface area contributed by atoms with Crippen LogP contribution < -0.4 is 53.2 Å². The molecular weight excluding hydrogens is 1490 g/mol. The Balaban J connectivity index is 1.55. The molecule has 0 bridgehead atoms. The highest BCUT2D eigenvalue weighted by Crippen LogP contribution is 2.26. The Kier molecular flexibility index (Phi) is 52.9. The molecule has 39 heteroatoms. The highest BCUT2D eigenvalue weighted by molar-refractivity contribution is 5.79. The van der Waals surface area contributed by atoms with Crippen LogP contribution in [0.1, 0.15) is 188 Å². The predicted octanol–water partition coefficient (Wildman–Crippen LogP) is -4.19. The first-order chi connectivity index (χ1) is 54.1. The molecule has 0 aromatic heterocycles. The van der Waals surface area contributed by atoms with Crippen LogP contribution in [0.2, 0.25) is 0 Å². The maximum absolute atomic E-state index is 13.9. The van der Waals surface area contributed by atoms with Crippen LogP contribution in [0, 0.1) is 0 Å². The minimum Gasteiger partial charge on any atom is -0.394 e. The quantitative estimate of drug-likeness (QED) is 0.0257. The number of carbonyl (C=O) groups excluding carboxylic acids is 11. The zero-order valence-electron chi connectivity index (χ0n) is 66.3. The molecule has 0 saturated carbocycles. The summed E-state index contributed by atoms with van der Waals surface area (Å²) in [6, 6.07) is -3.28. The van der Waals surface area contributed by atoms with Crippen molar-refractivity contribution in [3.63, 3.8) is 0 Å². The average molecular weight is 1630 g/mol. The van der Waals surface area contributed by atoms with Gasteiger partial charge < -0.3 is 147 Å². The molecule has 0 spiro atoms. The van der Waals surface area contributed by atoms with E-state index in [1.54, 1.807) is 6.92 Å². The minimum atomic E-state index is -1.46. The van der Waals surface area contributed by atoms with E-state index in [2.05, 4.69) is 53.2 Å². The number of rotatable bonds is 63. The van der Waals surface area contributed by atoms with Gasteiger partial charge in [-0.1, -0.05) is 38.5 Å². The molecule has 19 N–H and O–H groups in total. The van der Waals surface area contributed by atoms with E-state index in [-0.39, 0.29) is 191 Å². The largest absolute Gasteiger partial charge is 0.394 e. The molecule has 0 aliphatic carbocycles. The Labute approximate surface area is 661 Å². The van der Waals surface area contributed by atoms with Crippen LogP contribution >= 0.6 is 0 Å². The van der Waals surface area contributed by atoms with E-state index in [0.717, 1.165) is 44.9 Å². The van der Waals surface area contributed by atoms with E-state index in [0.29, 0.717) is 70.6 Å². The topological polar surface area (TPSA) is 573 Å². The summed E-state index contributed by atoms with van der Waals surface area (Å²) >= 11 is 0. The summed E-state index contributed by atoms with van der Waals surface area (Å²) < 4.78 is 52.1. The molecule has 10 amide bonds. The monoisotopic (exact) mass is 1620 g/mol. The fourth-order valence-electron chi connectivity index (χ4n) is 12.4. The van der Waals surface area contributed by atoms with Crippen molar-refractivity contribution in [2.75, 3.05) is 119 Å². The third-order valence-electron chi connectivity index (χ3n) is 18.6. The van der Waals surface area contributed by atoms with Crippen molar-refractivity contribution in [2.24, 2.45) is 0 Å². The Hall–Kier alpha value is -6.35. The fraction of sp³-hybridized carbons (Fsp3) is 0.851. The number of hydrogen-bond donors (Lipinski definition) is 19. The van der Waals surface area contributed by atoms with Crippen molar-refractivity contribution in [2.45, 2.75) is 286 Å². The van der Waals surface area contributed by atoms with Gasteiger partial charge in [0.2, 0.25) is 59.1 Å². The van der Waals surface area contributed by atoms with Gasteiger partial charge in [-0.3, -0.25) is 47.9 Å². The third-order valence-corrected chi connectivity index (χ3v) is 18.6. The van der Waals surface area contributed by atoms with Gasteiger partial charge >= 0.3 is 0 Å². The van der Waals surface area contributed by atoms with Gasteiger partial charge in [0.05, 0.1) is 59.5 Å². The molecule has 9 unspecified atom stereocenters. The Morgan fingerprint density at radius 2 is 0.549 bits per heavy atom. The molecule has 15 atom stereocenters. The molecule has 3 rings (SSSR count). The van der Waals surface area contributed by atoms with Crippen molar-refractivity contribution in [3.8, 4) is 0 Å². The molecule has 0 aromatic carbocycles. The number of unbranched alkanes of at least 4 members (excludes halogenated alkanes) is 10. The number of carbonyl (C=O) groups is 11. The van der Waals surface area contributed by atoms with Gasteiger partial charge in [-0.25, -0.2) is 0 Å². The van der Waals surface area contributed by atoms with Crippen LogP contribution in [0.5, 0.6) is 0 Å². The van der Waals surface area contributed by atoms with Gasteiger partial charge in [0.25, 0.3) is 0 Å². The van der Waals surface area contributed by atoms with Crippen LogP contribution in [0.25, 0.3) is 0 Å². The lowest BCUT2D eigenvalue weighted by Gasteiger charge is -2.42. The zero-order chi connectivity index (χ0) is 83.4. The lowest BCUT2D eigenvalue weighted by molar-refractivity contribution is -0.270. The van der Waals surface area contributed by atoms with Crippen LogP contribution in [0.15, 0.2) is 0 Å². The van der Waals surface area contributed by atoms with Gasteiger partial charge in [-0.15, -0.1) is 0 Å². The van der Waals surface area contributed by atoms with Crippen LogP contribution in [-0.4, -0.2) is 327 Å². The SMILES string of the molecule is CC(=O)CCCCCCCCCCC(=O)NC(COCCC(=O)NCCCNC(=O)CCCCO[C@@H]1OC(CO)[C@@H](O)C(O)C1NC(C)=O)(COCCC(=O)NCCCNC(=O)CCCCO[C@@H]1OC(CO)[C@@H](O)C(O)C1NC(C)=O)COCCC(=O)NCCCNC(=O)CCCCO[C@@H]1OC(CO)[C@H](O)C(O)C1NC(C)=O. The molecule has 0 radical (unpaired) electrons. The molecule has 3 aliphatic rings. The van der Waals surface area contributed by atoms with E-state index in [1.807, 2.05) is 0 Å². The molecule has 39 nitrogen and oxygen atoms in total. The molecule has 3 fully saturated rings. The van der Waals surface area contributed by atoms with E-state index >= 15 is 0 Å². The highest BCUT2D eigenvalue weighted by Gasteiger charge is 2.48. The number of aliphatic hydroxyl groups excluding tert-OH is 9. The van der Waals surface area contributed by atoms with Gasteiger partial charge in [-0.2, -0.15) is 0 Å². The number of ketones is 1. The molecular formula is C74H132N10O29.